The van der Waals surface area contributed by atoms with Crippen molar-refractivity contribution in [3.05, 3.63) is 108 Å². The van der Waals surface area contributed by atoms with Crippen molar-refractivity contribution in [2.45, 2.75) is 497 Å². The van der Waals surface area contributed by atoms with Crippen molar-refractivity contribution < 1.29 is 26.7 Å². The number of rotatable bonds is 78. The quantitative estimate of drug-likeness (QED) is 0.0321. The van der Waals surface area contributed by atoms with Crippen molar-refractivity contribution in [2.75, 3.05) is 0 Å². The minimum atomic E-state index is -0.403. The molecule has 5 heteroatoms. The number of aliphatic imine (C=N–C) groups is 2. The molecule has 0 saturated carbocycles. The van der Waals surface area contributed by atoms with Crippen LogP contribution < -0.4 is 10.2 Å². The minimum Gasteiger partial charge on any atom is -0.873 e. The van der Waals surface area contributed by atoms with E-state index in [4.69, 9.17) is 9.98 Å². The molecule has 0 aromatic heterocycles. The second-order valence-corrected chi connectivity index (χ2v) is 32.9. The summed E-state index contributed by atoms with van der Waals surface area (Å²) in [6.45, 7) is 11.1. The molecule has 0 bridgehead atoms. The largest absolute Gasteiger partial charge is 2.00 e. The van der Waals surface area contributed by atoms with Gasteiger partial charge in [-0.1, -0.05) is 518 Å². The average Bonchev–Trinajstić information content (AvgIpc) is 0.865. The van der Waals surface area contributed by atoms with Crippen LogP contribution in [0.1, 0.15) is 507 Å². The second kappa shape index (κ2) is 82.8. The Balaban J connectivity index is 0.00000487. The Bertz CT molecular complexity index is 2500. The first-order valence-electron chi connectivity index (χ1n) is 47.8. The number of para-hydroxylation sites is 1. The summed E-state index contributed by atoms with van der Waals surface area (Å²) in [6.07, 6.45) is 114. The zero-order valence-electron chi connectivity index (χ0n) is 72.3. The van der Waals surface area contributed by atoms with Gasteiger partial charge in [0.2, 0.25) is 0 Å². The summed E-state index contributed by atoms with van der Waals surface area (Å²) in [5.74, 6) is -0.760. The standard InChI is InChI=1S/C95H168N2.C8H10O2.Ni/c1-5-9-13-17-21-25-29-33-37-40-42-44-46-48-51-54-58-62-66-70-74-80-90-82-78-84-92(88-90)96-94(86-76-72-68-64-60-56-50-36-32-28-24-20-16-12-8-4)95(87-77-73-69-65-61-57-53-39-35-31-27-23-19-15-11-7-3)97-93-85-79-83-91(89-93)81-75-71-67-63-59-55-52-49-47-45-43-41-38-34-30-26-22-18-14-10-6-2;1-2-6-4-3-5-7(9)8(6)10;/h74-75,77-85,87-89H,5-73,76,86H2,1-4H3;3-5,9-10H,2H2,1H3;/q;;+2/p-2. The van der Waals surface area contributed by atoms with Gasteiger partial charge in [-0.2, -0.15) is 0 Å². The van der Waals surface area contributed by atoms with Gasteiger partial charge >= 0.3 is 16.5 Å². The first-order chi connectivity index (χ1) is 52.9. The molecule has 0 fully saturated rings. The molecule has 0 aliphatic rings. The van der Waals surface area contributed by atoms with Crippen LogP contribution in [0, 0.1) is 0 Å². The zero-order chi connectivity index (χ0) is 76.5. The number of hydrogen-bond acceptors (Lipinski definition) is 4. The first-order valence-corrected chi connectivity index (χ1v) is 47.8. The van der Waals surface area contributed by atoms with Crippen LogP contribution in [0.4, 0.5) is 11.4 Å². The summed E-state index contributed by atoms with van der Waals surface area (Å²) in [5.41, 5.74) is 7.41. The van der Waals surface area contributed by atoms with E-state index in [1.165, 1.54) is 441 Å². The molecule has 0 saturated heterocycles. The molecule has 0 atom stereocenters. The molecule has 0 radical (unpaired) electrons. The predicted octanol–water partition coefficient (Wildman–Crippen LogP) is 35.3. The third kappa shape index (κ3) is 66.9. The van der Waals surface area contributed by atoms with Crippen molar-refractivity contribution in [1.82, 2.24) is 0 Å². The molecule has 0 aliphatic heterocycles. The summed E-state index contributed by atoms with van der Waals surface area (Å²) in [5, 5.41) is 21.6. The SMILES string of the molecule is CCCCCCCCCCCCCCCCC=CC(=Nc1cccc(C=CCCCCCCCCCCCCCCCCCCCCC)c1)C(CCCCCCCCCCCCCCCCC)=Nc1cccc(C=CCCCCCCCCCCCCCCCCCCCCC)c1.CCc1cccc([O-])c1[O-].[Ni+2]. The predicted molar refractivity (Wildman–Crippen MR) is 479 cm³/mol. The van der Waals surface area contributed by atoms with Crippen molar-refractivity contribution in [3.63, 3.8) is 0 Å². The Morgan fingerprint density at radius 1 is 0.278 bits per heavy atom. The van der Waals surface area contributed by atoms with Gasteiger partial charge in [0, 0.05) is 0 Å². The van der Waals surface area contributed by atoms with Gasteiger partial charge in [0.1, 0.15) is 0 Å². The van der Waals surface area contributed by atoms with E-state index >= 15 is 0 Å². The van der Waals surface area contributed by atoms with Gasteiger partial charge in [0.05, 0.1) is 22.8 Å². The van der Waals surface area contributed by atoms with Gasteiger partial charge in [0.15, 0.2) is 0 Å². The van der Waals surface area contributed by atoms with Gasteiger partial charge in [0.25, 0.3) is 0 Å². The number of allylic oxidation sites excluding steroid dienone is 4. The van der Waals surface area contributed by atoms with Crippen LogP contribution in [-0.4, -0.2) is 11.4 Å². The number of nitrogens with zero attached hydrogens (tertiary/aromatic N) is 2. The Morgan fingerprint density at radius 2 is 0.528 bits per heavy atom. The van der Waals surface area contributed by atoms with Crippen LogP contribution in [-0.2, 0) is 22.9 Å². The first kappa shape index (κ1) is 102. The Labute approximate surface area is 683 Å². The summed E-state index contributed by atoms with van der Waals surface area (Å²) >= 11 is 0. The second-order valence-electron chi connectivity index (χ2n) is 32.9. The van der Waals surface area contributed by atoms with E-state index in [0.29, 0.717) is 12.0 Å². The molecule has 0 spiro atoms. The van der Waals surface area contributed by atoms with Crippen LogP contribution in [0.15, 0.2) is 101 Å². The van der Waals surface area contributed by atoms with E-state index in [0.717, 1.165) is 54.9 Å². The summed E-state index contributed by atoms with van der Waals surface area (Å²) < 4.78 is 0. The molecule has 4 nitrogen and oxygen atoms in total. The summed E-state index contributed by atoms with van der Waals surface area (Å²) in [4.78, 5) is 11.1. The van der Waals surface area contributed by atoms with Crippen molar-refractivity contribution in [2.24, 2.45) is 9.98 Å². The minimum absolute atomic E-state index is 0. The van der Waals surface area contributed by atoms with Crippen LogP contribution in [0.25, 0.3) is 12.2 Å². The normalized spacial score (nSPS) is 12.0. The van der Waals surface area contributed by atoms with Gasteiger partial charge in [-0.25, -0.2) is 4.99 Å². The Morgan fingerprint density at radius 3 is 0.806 bits per heavy atom. The maximum atomic E-state index is 10.9. The van der Waals surface area contributed by atoms with Crippen LogP contribution in [0.3, 0.4) is 0 Å². The molecule has 0 unspecified atom stereocenters. The van der Waals surface area contributed by atoms with Crippen molar-refractivity contribution in [1.29, 1.82) is 0 Å². The third-order valence-corrected chi connectivity index (χ3v) is 22.6. The molecule has 3 aromatic rings. The van der Waals surface area contributed by atoms with E-state index in [2.05, 4.69) is 113 Å². The third-order valence-electron chi connectivity index (χ3n) is 22.6. The molecule has 108 heavy (non-hydrogen) atoms. The fourth-order valence-electron chi connectivity index (χ4n) is 15.4. The summed E-state index contributed by atoms with van der Waals surface area (Å²) in [7, 11) is 0. The fourth-order valence-corrected chi connectivity index (χ4v) is 15.4. The van der Waals surface area contributed by atoms with Crippen LogP contribution in [0.5, 0.6) is 11.5 Å². The molecular weight excluding hydrogens is 1360 g/mol. The molecule has 620 valence electrons. The van der Waals surface area contributed by atoms with Crippen LogP contribution >= 0.6 is 0 Å². The molecule has 0 amide bonds. The molecule has 0 aliphatic carbocycles. The zero-order valence-corrected chi connectivity index (χ0v) is 73.2. The van der Waals surface area contributed by atoms with E-state index < -0.39 is 5.75 Å². The van der Waals surface area contributed by atoms with Gasteiger partial charge < -0.3 is 10.2 Å². The summed E-state index contributed by atoms with van der Waals surface area (Å²) in [6, 6.07) is 22.6. The monoisotopic (exact) mass is 1530 g/mol. The van der Waals surface area contributed by atoms with E-state index in [9.17, 15) is 10.2 Å². The molecule has 0 N–H and O–H groups in total. The van der Waals surface area contributed by atoms with Gasteiger partial charge in [-0.15, -0.1) is 11.5 Å². The van der Waals surface area contributed by atoms with Crippen molar-refractivity contribution in [3.8, 4) is 11.5 Å². The molecule has 3 aromatic carbocycles. The average molecular weight is 1530 g/mol. The maximum Gasteiger partial charge on any atom is 2.00 e. The Kier molecular flexibility index (Phi) is 78.4. The Hall–Kier alpha value is -3.69. The van der Waals surface area contributed by atoms with E-state index in [1.807, 2.05) is 6.92 Å². The number of aryl methyl sites for hydroxylation is 1. The van der Waals surface area contributed by atoms with Crippen molar-refractivity contribution >= 4 is 35.0 Å². The fraction of sp³-hybridized carbons (Fsp3) is 0.748. The topological polar surface area (TPSA) is 70.8 Å². The number of hydrogen-bond donors (Lipinski definition) is 0. The smallest absolute Gasteiger partial charge is 0.873 e. The van der Waals surface area contributed by atoms with Crippen LogP contribution in [0.2, 0.25) is 0 Å². The molecule has 3 rings (SSSR count). The number of unbranched alkanes of at least 4 members (excludes halogenated alkanes) is 66. The molecular formula is C103H176N2NiO2. The van der Waals surface area contributed by atoms with Gasteiger partial charge in [-0.3, -0.25) is 4.99 Å². The van der Waals surface area contributed by atoms with Gasteiger partial charge in [-0.05, 0) is 99.3 Å². The molecule has 0 heterocycles. The number of benzene rings is 3. The van der Waals surface area contributed by atoms with E-state index in [-0.39, 0.29) is 22.2 Å². The maximum absolute atomic E-state index is 10.9. The van der Waals surface area contributed by atoms with E-state index in [1.54, 1.807) is 12.1 Å².